The van der Waals surface area contributed by atoms with Crippen LogP contribution in [0, 0.1) is 0 Å². The number of rotatable bonds is 3. The van der Waals surface area contributed by atoms with Gasteiger partial charge in [-0.2, -0.15) is 0 Å². The van der Waals surface area contributed by atoms with E-state index in [1.165, 1.54) is 18.4 Å². The normalized spacial score (nSPS) is 19.2. The molecule has 2 N–H and O–H groups in total. The number of thiophene rings is 1. The van der Waals surface area contributed by atoms with Gasteiger partial charge < -0.3 is 15.4 Å². The van der Waals surface area contributed by atoms with Gasteiger partial charge in [0.05, 0.1) is 24.6 Å². The molecule has 7 heteroatoms. The van der Waals surface area contributed by atoms with E-state index in [9.17, 15) is 9.59 Å². The Bertz CT molecular complexity index is 498. The molecule has 1 atom stereocenters. The number of amides is 2. The van der Waals surface area contributed by atoms with Crippen molar-refractivity contribution < 1.29 is 14.3 Å². The second-order valence-electron chi connectivity index (χ2n) is 3.56. The van der Waals surface area contributed by atoms with Crippen LogP contribution in [0.15, 0.2) is 28.8 Å². The molecule has 1 aliphatic rings. The molecule has 0 saturated carbocycles. The number of urea groups is 1. The van der Waals surface area contributed by atoms with Gasteiger partial charge in [0.25, 0.3) is 0 Å². The molecule has 0 unspecified atom stereocenters. The van der Waals surface area contributed by atoms with Crippen LogP contribution in [0.2, 0.25) is 0 Å². The summed E-state index contributed by atoms with van der Waals surface area (Å²) in [4.78, 5) is 24.2. The number of hydrogen-bond acceptors (Lipinski definition) is 4. The van der Waals surface area contributed by atoms with Crippen molar-refractivity contribution in [2.75, 3.05) is 13.0 Å². The summed E-state index contributed by atoms with van der Waals surface area (Å²) >= 11 is 7.21. The van der Waals surface area contributed by atoms with E-state index in [2.05, 4.69) is 10.6 Å². The molecule has 0 spiro atoms. The molecule has 96 valence electrons. The minimum absolute atomic E-state index is 0.0414. The number of halogens is 1. The minimum atomic E-state index is -0.514. The van der Waals surface area contributed by atoms with Crippen LogP contribution in [0.25, 0.3) is 0 Å². The SMILES string of the molecule is COC(=O)C1=C(CCl)NC(=O)N[C@H]1c1cccs1. The molecule has 0 aliphatic carbocycles. The number of carbonyl (C=O) groups is 2. The molecule has 2 rings (SSSR count). The zero-order valence-corrected chi connectivity index (χ0v) is 11.1. The standard InChI is InChI=1S/C11H11ClN2O3S/c1-17-10(15)8-6(5-12)13-11(16)14-9(8)7-3-2-4-18-7/h2-4,9H,5H2,1H3,(H2,13,14,16)/t9-/m0/s1. The first-order chi connectivity index (χ1) is 8.67. The summed E-state index contributed by atoms with van der Waals surface area (Å²) in [5, 5.41) is 7.09. The van der Waals surface area contributed by atoms with Gasteiger partial charge in [0.15, 0.2) is 0 Å². The Morgan fingerprint density at radius 2 is 2.39 bits per heavy atom. The number of nitrogens with one attached hydrogen (secondary N) is 2. The molecule has 2 heterocycles. The Kier molecular flexibility index (Phi) is 3.88. The average Bonchev–Trinajstić information content (AvgIpc) is 2.90. The second kappa shape index (κ2) is 5.41. The van der Waals surface area contributed by atoms with Crippen molar-refractivity contribution in [1.82, 2.24) is 10.6 Å². The Labute approximate surface area is 113 Å². The topological polar surface area (TPSA) is 67.4 Å². The first kappa shape index (κ1) is 12.9. The zero-order valence-electron chi connectivity index (χ0n) is 9.53. The van der Waals surface area contributed by atoms with Gasteiger partial charge in [0.1, 0.15) is 0 Å². The number of esters is 1. The lowest BCUT2D eigenvalue weighted by atomic mass is 10.0. The van der Waals surface area contributed by atoms with Gasteiger partial charge >= 0.3 is 12.0 Å². The van der Waals surface area contributed by atoms with Gasteiger partial charge in [-0.25, -0.2) is 9.59 Å². The van der Waals surface area contributed by atoms with Crippen molar-refractivity contribution in [1.29, 1.82) is 0 Å². The lowest BCUT2D eigenvalue weighted by Gasteiger charge is -2.27. The third kappa shape index (κ3) is 2.34. The third-order valence-electron chi connectivity index (χ3n) is 2.52. The van der Waals surface area contributed by atoms with Crippen molar-refractivity contribution in [3.63, 3.8) is 0 Å². The molecule has 1 aromatic rings. The van der Waals surface area contributed by atoms with Gasteiger partial charge in [-0.15, -0.1) is 22.9 Å². The lowest BCUT2D eigenvalue weighted by Crippen LogP contribution is -2.46. The van der Waals surface area contributed by atoms with E-state index >= 15 is 0 Å². The quantitative estimate of drug-likeness (QED) is 0.657. The zero-order chi connectivity index (χ0) is 13.1. The molecule has 0 saturated heterocycles. The number of hydrogen-bond donors (Lipinski definition) is 2. The predicted molar refractivity (Wildman–Crippen MR) is 68.5 cm³/mol. The molecule has 1 aliphatic heterocycles. The van der Waals surface area contributed by atoms with Crippen LogP contribution in [0.1, 0.15) is 10.9 Å². The highest BCUT2D eigenvalue weighted by molar-refractivity contribution is 7.10. The van der Waals surface area contributed by atoms with Gasteiger partial charge in [0.2, 0.25) is 0 Å². The predicted octanol–water partition coefficient (Wildman–Crippen LogP) is 1.77. The van der Waals surface area contributed by atoms with Crippen LogP contribution in [0.3, 0.4) is 0 Å². The number of allylic oxidation sites excluding steroid dienone is 1. The highest BCUT2D eigenvalue weighted by atomic mass is 35.5. The largest absolute Gasteiger partial charge is 0.466 e. The Morgan fingerprint density at radius 3 is 2.94 bits per heavy atom. The van der Waals surface area contributed by atoms with Crippen molar-refractivity contribution in [3.8, 4) is 0 Å². The van der Waals surface area contributed by atoms with Crippen LogP contribution in [0.4, 0.5) is 4.79 Å². The van der Waals surface area contributed by atoms with Crippen LogP contribution >= 0.6 is 22.9 Å². The maximum atomic E-state index is 11.8. The van der Waals surface area contributed by atoms with E-state index < -0.39 is 12.0 Å². The molecule has 1 aromatic heterocycles. The van der Waals surface area contributed by atoms with E-state index in [0.29, 0.717) is 11.3 Å². The maximum absolute atomic E-state index is 11.8. The highest BCUT2D eigenvalue weighted by Crippen LogP contribution is 2.30. The summed E-state index contributed by atoms with van der Waals surface area (Å²) in [6.45, 7) is 0. The Balaban J connectivity index is 2.48. The first-order valence-electron chi connectivity index (χ1n) is 5.15. The Morgan fingerprint density at radius 1 is 1.61 bits per heavy atom. The smallest absolute Gasteiger partial charge is 0.338 e. The van der Waals surface area contributed by atoms with Gasteiger partial charge in [-0.05, 0) is 11.4 Å². The minimum Gasteiger partial charge on any atom is -0.466 e. The number of carbonyl (C=O) groups excluding carboxylic acids is 2. The van der Waals surface area contributed by atoms with Crippen LogP contribution in [-0.4, -0.2) is 25.0 Å². The number of methoxy groups -OCH3 is 1. The third-order valence-corrected chi connectivity index (χ3v) is 3.72. The van der Waals surface area contributed by atoms with Gasteiger partial charge in [-0.1, -0.05) is 6.07 Å². The summed E-state index contributed by atoms with van der Waals surface area (Å²) in [5.41, 5.74) is 0.722. The monoisotopic (exact) mass is 286 g/mol. The maximum Gasteiger partial charge on any atom is 0.338 e. The molecule has 5 nitrogen and oxygen atoms in total. The van der Waals surface area contributed by atoms with Crippen LogP contribution < -0.4 is 10.6 Å². The van der Waals surface area contributed by atoms with E-state index in [4.69, 9.17) is 16.3 Å². The summed E-state index contributed by atoms with van der Waals surface area (Å²) in [6, 6.07) is 2.80. The van der Waals surface area contributed by atoms with Crippen molar-refractivity contribution in [2.24, 2.45) is 0 Å². The Hall–Kier alpha value is -1.53. The van der Waals surface area contributed by atoms with E-state index in [-0.39, 0.29) is 11.9 Å². The molecule has 0 bridgehead atoms. The van der Waals surface area contributed by atoms with Gasteiger partial charge in [-0.3, -0.25) is 0 Å². The molecular formula is C11H11ClN2O3S. The van der Waals surface area contributed by atoms with Gasteiger partial charge in [0, 0.05) is 10.6 Å². The van der Waals surface area contributed by atoms with E-state index in [0.717, 1.165) is 4.88 Å². The lowest BCUT2D eigenvalue weighted by molar-refractivity contribution is -0.136. The molecule has 0 radical (unpaired) electrons. The first-order valence-corrected chi connectivity index (χ1v) is 6.57. The fourth-order valence-corrected chi connectivity index (χ4v) is 2.74. The second-order valence-corrected chi connectivity index (χ2v) is 4.81. The average molecular weight is 287 g/mol. The van der Waals surface area contributed by atoms with Crippen molar-refractivity contribution in [3.05, 3.63) is 33.7 Å². The molecule has 2 amide bonds. The summed E-state index contributed by atoms with van der Waals surface area (Å²) in [6.07, 6.45) is 0. The van der Waals surface area contributed by atoms with E-state index in [1.807, 2.05) is 17.5 Å². The van der Waals surface area contributed by atoms with Crippen molar-refractivity contribution >= 4 is 34.9 Å². The number of alkyl halides is 1. The summed E-state index contributed by atoms with van der Waals surface area (Å²) in [5.74, 6) is -0.462. The van der Waals surface area contributed by atoms with Crippen LogP contribution in [0.5, 0.6) is 0 Å². The molecule has 18 heavy (non-hydrogen) atoms. The van der Waals surface area contributed by atoms with Crippen LogP contribution in [-0.2, 0) is 9.53 Å². The molecule has 0 aromatic carbocycles. The number of ether oxygens (including phenoxy) is 1. The summed E-state index contributed by atoms with van der Waals surface area (Å²) in [7, 11) is 1.29. The molecule has 0 fully saturated rings. The molecular weight excluding hydrogens is 276 g/mol. The fraction of sp³-hybridized carbons (Fsp3) is 0.273. The highest BCUT2D eigenvalue weighted by Gasteiger charge is 2.33. The fourth-order valence-electron chi connectivity index (χ4n) is 1.74. The van der Waals surface area contributed by atoms with E-state index in [1.54, 1.807) is 0 Å². The van der Waals surface area contributed by atoms with Crippen molar-refractivity contribution in [2.45, 2.75) is 6.04 Å². The summed E-state index contributed by atoms with van der Waals surface area (Å²) < 4.78 is 4.74.